The van der Waals surface area contributed by atoms with Gasteiger partial charge in [0.25, 0.3) is 5.91 Å². The van der Waals surface area contributed by atoms with Gasteiger partial charge in [-0.25, -0.2) is 0 Å². The molecule has 1 saturated heterocycles. The normalized spacial score (nSPS) is 16.6. The Kier molecular flexibility index (Phi) is 4.52. The Morgan fingerprint density at radius 3 is 2.52 bits per heavy atom. The van der Waals surface area contributed by atoms with Crippen molar-refractivity contribution in [2.75, 3.05) is 5.32 Å². The lowest BCUT2D eigenvalue weighted by Crippen LogP contribution is -2.22. The zero-order valence-corrected chi connectivity index (χ0v) is 13.7. The zero-order chi connectivity index (χ0) is 18.0. The van der Waals surface area contributed by atoms with Crippen LogP contribution in [0.5, 0.6) is 5.75 Å². The smallest absolute Gasteiger partial charge is 0.255 e. The van der Waals surface area contributed by atoms with Crippen LogP contribution >= 0.6 is 0 Å². The predicted octanol–water partition coefficient (Wildman–Crippen LogP) is 2.16. The van der Waals surface area contributed by atoms with Crippen LogP contribution in [-0.2, 0) is 16.0 Å². The fraction of sp³-hybridized carbons (Fsp3) is 0.211. The third-order valence-corrected chi connectivity index (χ3v) is 4.23. The number of anilines is 1. The van der Waals surface area contributed by atoms with Gasteiger partial charge in [0.2, 0.25) is 11.8 Å². The number of nitrogens with one attached hydrogen (secondary N) is 2. The second kappa shape index (κ2) is 6.76. The molecule has 0 saturated carbocycles. The number of aryl methyl sites for hydroxylation is 1. The molecule has 2 aromatic carbocycles. The van der Waals surface area contributed by atoms with Crippen LogP contribution in [0.15, 0.2) is 42.5 Å². The number of rotatable bonds is 4. The Balaban J connectivity index is 1.65. The number of phenolic OH excluding ortho intramolecular Hbond substituents is 1. The van der Waals surface area contributed by atoms with Crippen LogP contribution in [0.25, 0.3) is 0 Å². The van der Waals surface area contributed by atoms with Gasteiger partial charge < -0.3 is 10.4 Å². The summed E-state index contributed by atoms with van der Waals surface area (Å²) in [5.74, 6) is -0.998. The molecule has 1 fully saturated rings. The van der Waals surface area contributed by atoms with E-state index in [9.17, 15) is 19.5 Å². The van der Waals surface area contributed by atoms with Gasteiger partial charge in [0.15, 0.2) is 0 Å². The van der Waals surface area contributed by atoms with Crippen molar-refractivity contribution in [1.29, 1.82) is 0 Å². The molecule has 0 bridgehead atoms. The average molecular weight is 338 g/mol. The second-order valence-electron chi connectivity index (χ2n) is 6.17. The Hall–Kier alpha value is -3.15. The van der Waals surface area contributed by atoms with Gasteiger partial charge in [0, 0.05) is 23.7 Å². The molecule has 128 valence electrons. The summed E-state index contributed by atoms with van der Waals surface area (Å²) in [6.07, 6.45) is 0.670. The first-order chi connectivity index (χ1) is 11.9. The maximum Gasteiger partial charge on any atom is 0.255 e. The van der Waals surface area contributed by atoms with Crippen molar-refractivity contribution in [1.82, 2.24) is 5.32 Å². The van der Waals surface area contributed by atoms with Crippen molar-refractivity contribution in [2.45, 2.75) is 19.8 Å². The van der Waals surface area contributed by atoms with Gasteiger partial charge >= 0.3 is 0 Å². The third-order valence-electron chi connectivity index (χ3n) is 4.23. The second-order valence-corrected chi connectivity index (χ2v) is 6.17. The van der Waals surface area contributed by atoms with E-state index in [4.69, 9.17) is 0 Å². The number of aromatic hydroxyl groups is 1. The van der Waals surface area contributed by atoms with Crippen LogP contribution in [0, 0.1) is 12.8 Å². The molecule has 3 amide bonds. The highest BCUT2D eigenvalue weighted by molar-refractivity contribution is 6.04. The van der Waals surface area contributed by atoms with Crippen molar-refractivity contribution in [3.63, 3.8) is 0 Å². The fourth-order valence-corrected chi connectivity index (χ4v) is 2.74. The van der Waals surface area contributed by atoms with Crippen LogP contribution in [-0.4, -0.2) is 22.8 Å². The highest BCUT2D eigenvalue weighted by Crippen LogP contribution is 2.22. The highest BCUT2D eigenvalue weighted by atomic mass is 16.3. The largest absolute Gasteiger partial charge is 0.508 e. The molecular weight excluding hydrogens is 320 g/mol. The summed E-state index contributed by atoms with van der Waals surface area (Å²) in [7, 11) is 0. The maximum atomic E-state index is 12.3. The van der Waals surface area contributed by atoms with E-state index in [1.54, 1.807) is 43.3 Å². The topological polar surface area (TPSA) is 95.5 Å². The monoisotopic (exact) mass is 338 g/mol. The number of carbonyl (C=O) groups excluding carboxylic acids is 3. The number of benzene rings is 2. The lowest BCUT2D eigenvalue weighted by atomic mass is 9.97. The molecule has 25 heavy (non-hydrogen) atoms. The summed E-state index contributed by atoms with van der Waals surface area (Å²) >= 11 is 0. The first kappa shape index (κ1) is 16.7. The summed E-state index contributed by atoms with van der Waals surface area (Å²) in [6, 6.07) is 11.8. The molecule has 3 rings (SSSR count). The minimum atomic E-state index is -0.345. The van der Waals surface area contributed by atoms with E-state index in [0.29, 0.717) is 17.7 Å². The fourth-order valence-electron chi connectivity index (χ4n) is 2.74. The van der Waals surface area contributed by atoms with Crippen LogP contribution in [0.3, 0.4) is 0 Å². The quantitative estimate of drug-likeness (QED) is 0.745. The minimum Gasteiger partial charge on any atom is -0.508 e. The molecule has 1 heterocycles. The number of imide groups is 1. The van der Waals surface area contributed by atoms with E-state index < -0.39 is 0 Å². The molecule has 0 aliphatic carbocycles. The van der Waals surface area contributed by atoms with Gasteiger partial charge in [-0.3, -0.25) is 19.7 Å². The van der Waals surface area contributed by atoms with E-state index in [1.165, 1.54) is 6.07 Å². The van der Waals surface area contributed by atoms with Gasteiger partial charge in [-0.2, -0.15) is 0 Å². The van der Waals surface area contributed by atoms with Crippen molar-refractivity contribution in [3.8, 4) is 5.75 Å². The molecule has 0 spiro atoms. The van der Waals surface area contributed by atoms with Crippen molar-refractivity contribution < 1.29 is 19.5 Å². The predicted molar refractivity (Wildman–Crippen MR) is 92.2 cm³/mol. The molecule has 1 aliphatic heterocycles. The van der Waals surface area contributed by atoms with E-state index >= 15 is 0 Å². The first-order valence-electron chi connectivity index (χ1n) is 7.96. The Labute approximate surface area is 144 Å². The van der Waals surface area contributed by atoms with Crippen molar-refractivity contribution in [3.05, 3.63) is 59.2 Å². The van der Waals surface area contributed by atoms with Gasteiger partial charge in [0.05, 0.1) is 5.92 Å². The number of amides is 3. The highest BCUT2D eigenvalue weighted by Gasteiger charge is 2.30. The van der Waals surface area contributed by atoms with Gasteiger partial charge in [-0.15, -0.1) is 0 Å². The molecule has 1 unspecified atom stereocenters. The molecule has 6 heteroatoms. The summed E-state index contributed by atoms with van der Waals surface area (Å²) in [5, 5.41) is 14.7. The summed E-state index contributed by atoms with van der Waals surface area (Å²) in [4.78, 5) is 35.1. The molecule has 0 aromatic heterocycles. The molecule has 0 radical (unpaired) electrons. The summed E-state index contributed by atoms with van der Waals surface area (Å²) < 4.78 is 0. The summed E-state index contributed by atoms with van der Waals surface area (Å²) in [6.45, 7) is 1.78. The maximum absolute atomic E-state index is 12.3. The minimum absolute atomic E-state index is 0.123. The number of phenols is 1. The lowest BCUT2D eigenvalue weighted by molar-refractivity contribution is -0.125. The van der Waals surface area contributed by atoms with Gasteiger partial charge in [0.1, 0.15) is 5.75 Å². The van der Waals surface area contributed by atoms with E-state index in [2.05, 4.69) is 10.6 Å². The lowest BCUT2D eigenvalue weighted by Gasteiger charge is -2.09. The zero-order valence-electron chi connectivity index (χ0n) is 13.7. The van der Waals surface area contributed by atoms with E-state index in [1.807, 2.05) is 0 Å². The molecule has 2 aromatic rings. The Morgan fingerprint density at radius 1 is 1.20 bits per heavy atom. The van der Waals surface area contributed by atoms with Crippen molar-refractivity contribution >= 4 is 23.4 Å². The standard InChI is InChI=1S/C19H18N2O4/c1-11-2-7-15(10-16(11)22)20-18(24)13-5-3-12(4-6-13)8-14-9-17(23)21-19(14)25/h2-7,10,14,22H,8-9H2,1H3,(H,20,24)(H,21,23,25). The molecule has 1 atom stereocenters. The number of carbonyl (C=O) groups is 3. The first-order valence-corrected chi connectivity index (χ1v) is 7.96. The van der Waals surface area contributed by atoms with Crippen LogP contribution in [0.2, 0.25) is 0 Å². The molecule has 1 aliphatic rings. The van der Waals surface area contributed by atoms with E-state index in [0.717, 1.165) is 11.1 Å². The number of hydrogen-bond acceptors (Lipinski definition) is 4. The Bertz CT molecular complexity index is 843. The van der Waals surface area contributed by atoms with Crippen molar-refractivity contribution in [2.24, 2.45) is 5.92 Å². The molecule has 3 N–H and O–H groups in total. The van der Waals surface area contributed by atoms with Gasteiger partial charge in [-0.05, 0) is 42.7 Å². The summed E-state index contributed by atoms with van der Waals surface area (Å²) in [5.41, 5.74) is 2.60. The van der Waals surface area contributed by atoms with Crippen LogP contribution in [0.4, 0.5) is 5.69 Å². The Morgan fingerprint density at radius 2 is 1.92 bits per heavy atom. The average Bonchev–Trinajstić information content (AvgIpc) is 2.89. The van der Waals surface area contributed by atoms with E-state index in [-0.39, 0.29) is 35.8 Å². The van der Waals surface area contributed by atoms with Crippen LogP contribution in [0.1, 0.15) is 27.9 Å². The number of hydrogen-bond donors (Lipinski definition) is 3. The molecular formula is C19H18N2O4. The molecule has 6 nitrogen and oxygen atoms in total. The van der Waals surface area contributed by atoms with Gasteiger partial charge in [-0.1, -0.05) is 18.2 Å². The van der Waals surface area contributed by atoms with Crippen LogP contribution < -0.4 is 10.6 Å². The SMILES string of the molecule is Cc1ccc(NC(=O)c2ccc(CC3CC(=O)NC3=O)cc2)cc1O. The third kappa shape index (κ3) is 3.85.